The molecule has 0 aromatic heterocycles. The Morgan fingerprint density at radius 2 is 1.44 bits per heavy atom. The van der Waals surface area contributed by atoms with Crippen molar-refractivity contribution in [3.63, 3.8) is 0 Å². The lowest BCUT2D eigenvalue weighted by Gasteiger charge is -2.12. The summed E-state index contributed by atoms with van der Waals surface area (Å²) in [5.74, 6) is -2.68. The molecule has 3 aromatic rings. The van der Waals surface area contributed by atoms with Gasteiger partial charge in [0, 0.05) is 15.2 Å². The van der Waals surface area contributed by atoms with Crippen LogP contribution in [-0.4, -0.2) is 30.6 Å². The Bertz CT molecular complexity index is 1150. The van der Waals surface area contributed by atoms with Crippen molar-refractivity contribution in [1.82, 2.24) is 0 Å². The van der Waals surface area contributed by atoms with Crippen molar-refractivity contribution in [2.24, 2.45) is 0 Å². The van der Waals surface area contributed by atoms with Gasteiger partial charge in [0.25, 0.3) is 0 Å². The first kappa shape index (κ1) is 18.9. The zero-order valence-corrected chi connectivity index (χ0v) is 15.8. The molecule has 0 amide bonds. The molecule has 0 spiro atoms. The molecule has 27 heavy (non-hydrogen) atoms. The first-order valence-electron chi connectivity index (χ1n) is 7.43. The highest BCUT2D eigenvalue weighted by Gasteiger charge is 2.25. The van der Waals surface area contributed by atoms with Gasteiger partial charge in [0.2, 0.25) is 0 Å². The highest BCUT2D eigenvalue weighted by Crippen LogP contribution is 2.31. The minimum absolute atomic E-state index is 0.0492. The zero-order valence-electron chi connectivity index (χ0n) is 13.4. The van der Waals surface area contributed by atoms with E-state index in [4.69, 9.17) is 4.18 Å². The SMILES string of the molecule is O=C(O)c1cccc2c(S(=O)(=O)Oc3ccc(Br)cc3)ccc(C(=O)O)c12. The number of carboxylic acid groups (broad SMARTS) is 2. The van der Waals surface area contributed by atoms with Crippen molar-refractivity contribution in [3.05, 3.63) is 70.2 Å². The summed E-state index contributed by atoms with van der Waals surface area (Å²) in [5, 5.41) is 18.5. The molecule has 0 aliphatic rings. The maximum absolute atomic E-state index is 12.7. The van der Waals surface area contributed by atoms with E-state index in [0.717, 1.165) is 16.6 Å². The van der Waals surface area contributed by atoms with Gasteiger partial charge in [0.15, 0.2) is 0 Å². The summed E-state index contributed by atoms with van der Waals surface area (Å²) in [4.78, 5) is 22.7. The first-order valence-corrected chi connectivity index (χ1v) is 9.63. The monoisotopic (exact) mass is 450 g/mol. The van der Waals surface area contributed by atoms with Crippen LogP contribution in [0.3, 0.4) is 0 Å². The number of fused-ring (bicyclic) bond motifs is 1. The molecule has 0 saturated heterocycles. The van der Waals surface area contributed by atoms with Crippen molar-refractivity contribution >= 4 is 48.8 Å². The predicted molar refractivity (Wildman–Crippen MR) is 99.8 cm³/mol. The van der Waals surface area contributed by atoms with Crippen LogP contribution >= 0.6 is 15.9 Å². The number of hydrogen-bond acceptors (Lipinski definition) is 5. The van der Waals surface area contributed by atoms with Crippen LogP contribution in [0.4, 0.5) is 0 Å². The number of carbonyl (C=O) groups is 2. The van der Waals surface area contributed by atoms with E-state index in [-0.39, 0.29) is 32.5 Å². The van der Waals surface area contributed by atoms with Crippen molar-refractivity contribution in [2.45, 2.75) is 4.90 Å². The number of halogens is 1. The lowest BCUT2D eigenvalue weighted by molar-refractivity contribution is 0.0695. The zero-order chi connectivity index (χ0) is 19.8. The van der Waals surface area contributed by atoms with E-state index in [1.807, 2.05) is 0 Å². The Morgan fingerprint density at radius 1 is 0.852 bits per heavy atom. The lowest BCUT2D eigenvalue weighted by atomic mass is 9.99. The van der Waals surface area contributed by atoms with Gasteiger partial charge in [-0.15, -0.1) is 0 Å². The molecule has 0 radical (unpaired) electrons. The van der Waals surface area contributed by atoms with Crippen LogP contribution in [0, 0.1) is 0 Å². The topological polar surface area (TPSA) is 118 Å². The summed E-state index contributed by atoms with van der Waals surface area (Å²) < 4.78 is 31.3. The molecule has 0 aliphatic heterocycles. The Labute approximate surface area is 162 Å². The Balaban J connectivity index is 2.24. The Morgan fingerprint density at radius 3 is 2.04 bits per heavy atom. The van der Waals surface area contributed by atoms with Crippen molar-refractivity contribution in [3.8, 4) is 5.75 Å². The van der Waals surface area contributed by atoms with Crippen LogP contribution in [0.1, 0.15) is 20.7 Å². The van der Waals surface area contributed by atoms with Gasteiger partial charge in [0.1, 0.15) is 10.6 Å². The number of carboxylic acids is 2. The van der Waals surface area contributed by atoms with Gasteiger partial charge in [-0.2, -0.15) is 8.42 Å². The van der Waals surface area contributed by atoms with Crippen molar-refractivity contribution in [1.29, 1.82) is 0 Å². The van der Waals surface area contributed by atoms with E-state index >= 15 is 0 Å². The molecule has 138 valence electrons. The van der Waals surface area contributed by atoms with Crippen LogP contribution in [0.15, 0.2) is 64.0 Å². The second kappa shape index (κ2) is 7.01. The second-order valence-electron chi connectivity index (χ2n) is 5.44. The number of aromatic carboxylic acids is 2. The minimum Gasteiger partial charge on any atom is -0.478 e. The van der Waals surface area contributed by atoms with E-state index in [2.05, 4.69) is 15.9 Å². The molecule has 3 aromatic carbocycles. The second-order valence-corrected chi connectivity index (χ2v) is 7.87. The summed E-state index contributed by atoms with van der Waals surface area (Å²) in [6, 6.07) is 12.1. The van der Waals surface area contributed by atoms with Gasteiger partial charge in [-0.25, -0.2) is 9.59 Å². The van der Waals surface area contributed by atoms with E-state index in [1.54, 1.807) is 12.1 Å². The molecule has 0 bridgehead atoms. The number of rotatable bonds is 5. The highest BCUT2D eigenvalue weighted by atomic mass is 79.9. The van der Waals surface area contributed by atoms with Gasteiger partial charge in [-0.1, -0.05) is 28.1 Å². The Kier molecular flexibility index (Phi) is 4.90. The third kappa shape index (κ3) is 3.64. The third-order valence-electron chi connectivity index (χ3n) is 3.75. The van der Waals surface area contributed by atoms with E-state index in [9.17, 15) is 28.2 Å². The van der Waals surface area contributed by atoms with Gasteiger partial charge in [-0.3, -0.25) is 0 Å². The average Bonchev–Trinajstić information content (AvgIpc) is 2.61. The molecule has 0 saturated carbocycles. The predicted octanol–water partition coefficient (Wildman–Crippen LogP) is 3.77. The quantitative estimate of drug-likeness (QED) is 0.567. The normalized spacial score (nSPS) is 11.3. The maximum Gasteiger partial charge on any atom is 0.339 e. The molecule has 7 nitrogen and oxygen atoms in total. The highest BCUT2D eigenvalue weighted by molar-refractivity contribution is 9.10. The van der Waals surface area contributed by atoms with Gasteiger partial charge in [-0.05, 0) is 42.5 Å². The molecule has 0 fully saturated rings. The molecular formula is C18H11BrO7S. The molecule has 0 heterocycles. The van der Waals surface area contributed by atoms with Crippen molar-refractivity contribution < 1.29 is 32.4 Å². The fourth-order valence-electron chi connectivity index (χ4n) is 2.62. The molecular weight excluding hydrogens is 440 g/mol. The van der Waals surface area contributed by atoms with Gasteiger partial charge in [0.05, 0.1) is 11.1 Å². The smallest absolute Gasteiger partial charge is 0.339 e. The summed E-state index contributed by atoms with van der Waals surface area (Å²) in [6.07, 6.45) is 0. The minimum atomic E-state index is -4.34. The summed E-state index contributed by atoms with van der Waals surface area (Å²) in [6.45, 7) is 0. The molecule has 9 heteroatoms. The fourth-order valence-corrected chi connectivity index (χ4v) is 4.01. The Hall–Kier alpha value is -2.91. The van der Waals surface area contributed by atoms with E-state index in [1.165, 1.54) is 30.3 Å². The van der Waals surface area contributed by atoms with Crippen LogP contribution in [0.2, 0.25) is 0 Å². The summed E-state index contributed by atoms with van der Waals surface area (Å²) in [7, 11) is -4.34. The molecule has 0 unspecified atom stereocenters. The maximum atomic E-state index is 12.7. The molecule has 3 rings (SSSR count). The largest absolute Gasteiger partial charge is 0.478 e. The number of hydrogen-bond donors (Lipinski definition) is 2. The van der Waals surface area contributed by atoms with Crippen molar-refractivity contribution in [2.75, 3.05) is 0 Å². The van der Waals surface area contributed by atoms with E-state index in [0.29, 0.717) is 0 Å². The molecule has 0 atom stereocenters. The van der Waals surface area contributed by atoms with Crippen LogP contribution < -0.4 is 4.18 Å². The van der Waals surface area contributed by atoms with Crippen LogP contribution in [0.5, 0.6) is 5.75 Å². The van der Waals surface area contributed by atoms with Gasteiger partial charge >= 0.3 is 22.1 Å². The lowest BCUT2D eigenvalue weighted by Crippen LogP contribution is -2.12. The van der Waals surface area contributed by atoms with Crippen LogP contribution in [-0.2, 0) is 10.1 Å². The fraction of sp³-hybridized carbons (Fsp3) is 0. The van der Waals surface area contributed by atoms with Gasteiger partial charge < -0.3 is 14.4 Å². The van der Waals surface area contributed by atoms with E-state index < -0.39 is 22.1 Å². The first-order chi connectivity index (χ1) is 12.7. The standard InChI is InChI=1S/C18H11BrO7S/c19-10-4-6-11(7-5-10)26-27(24,25)15-9-8-14(18(22)23)16-12(15)2-1-3-13(16)17(20)21/h1-9H,(H,20,21)(H,22,23). The third-order valence-corrected chi connectivity index (χ3v) is 5.59. The van der Waals surface area contributed by atoms with Crippen LogP contribution in [0.25, 0.3) is 10.8 Å². The average molecular weight is 451 g/mol. The molecule has 2 N–H and O–H groups in total. The summed E-state index contributed by atoms with van der Waals surface area (Å²) in [5.41, 5.74) is -0.629. The summed E-state index contributed by atoms with van der Waals surface area (Å²) >= 11 is 3.23. The molecule has 0 aliphatic carbocycles. The number of benzene rings is 3.